The van der Waals surface area contributed by atoms with Gasteiger partial charge >= 0.3 is 0 Å². The lowest BCUT2D eigenvalue weighted by molar-refractivity contribution is 0.0745. The van der Waals surface area contributed by atoms with E-state index in [4.69, 9.17) is 11.6 Å². The zero-order valence-electron chi connectivity index (χ0n) is 16.1. The van der Waals surface area contributed by atoms with E-state index in [1.807, 2.05) is 40.0 Å². The summed E-state index contributed by atoms with van der Waals surface area (Å²) in [6.07, 6.45) is 10.9. The largest absolute Gasteiger partial charge is 0.303 e. The third-order valence-electron chi connectivity index (χ3n) is 4.99. The summed E-state index contributed by atoms with van der Waals surface area (Å²) in [5.41, 5.74) is 4.46. The van der Waals surface area contributed by atoms with Crippen LogP contribution in [0, 0.1) is 0 Å². The summed E-state index contributed by atoms with van der Waals surface area (Å²) in [7, 11) is 0. The van der Waals surface area contributed by atoms with Crippen LogP contribution in [0.5, 0.6) is 0 Å². The molecule has 6 heteroatoms. The Morgan fingerprint density at radius 2 is 1.85 bits per heavy atom. The Morgan fingerprint density at radius 3 is 2.56 bits per heavy atom. The van der Waals surface area contributed by atoms with E-state index in [9.17, 15) is 4.79 Å². The molecule has 0 radical (unpaired) electrons. The second kappa shape index (κ2) is 9.90. The lowest BCUT2D eigenvalue weighted by atomic mass is 10.1. The van der Waals surface area contributed by atoms with E-state index in [2.05, 4.69) is 17.3 Å². The average molecular weight is 389 g/mol. The van der Waals surface area contributed by atoms with Crippen molar-refractivity contribution in [2.24, 2.45) is 0 Å². The number of imidazole rings is 1. The highest BCUT2D eigenvalue weighted by atomic mass is 35.5. The number of hydrogen-bond acceptors (Lipinski definition) is 3. The Kier molecular flexibility index (Phi) is 7.30. The van der Waals surface area contributed by atoms with Gasteiger partial charge in [0.05, 0.1) is 0 Å². The third-order valence-corrected chi connectivity index (χ3v) is 5.24. The van der Waals surface area contributed by atoms with Gasteiger partial charge in [0.2, 0.25) is 0 Å². The van der Waals surface area contributed by atoms with Crippen molar-refractivity contribution in [1.29, 1.82) is 0 Å². The fourth-order valence-electron chi connectivity index (χ4n) is 3.45. The summed E-state index contributed by atoms with van der Waals surface area (Å²) in [5.74, 6) is 0.802. The van der Waals surface area contributed by atoms with E-state index in [1.165, 1.54) is 25.7 Å². The second-order valence-electron chi connectivity index (χ2n) is 7.19. The van der Waals surface area contributed by atoms with Crippen molar-refractivity contribution in [3.63, 3.8) is 0 Å². The van der Waals surface area contributed by atoms with Crippen LogP contribution in [0.3, 0.4) is 0 Å². The first-order chi connectivity index (χ1) is 13.2. The van der Waals surface area contributed by atoms with Gasteiger partial charge in [-0.2, -0.15) is 0 Å². The number of unbranched alkanes of at least 4 members (excludes halogenated alkanes) is 3. The number of piperidine rings is 1. The highest BCUT2D eigenvalue weighted by Crippen LogP contribution is 2.18. The molecule has 5 nitrogen and oxygen atoms in total. The molecule has 2 heterocycles. The number of amides is 1. The first-order valence-electron chi connectivity index (χ1n) is 10.1. The van der Waals surface area contributed by atoms with Crippen LogP contribution in [0.15, 0.2) is 30.5 Å². The lowest BCUT2D eigenvalue weighted by Crippen LogP contribution is -2.45. The molecule has 146 valence electrons. The van der Waals surface area contributed by atoms with E-state index >= 15 is 0 Å². The Bertz CT molecular complexity index is 735. The molecule has 1 N–H and O–H groups in total. The molecule has 0 aliphatic carbocycles. The highest BCUT2D eigenvalue weighted by molar-refractivity contribution is 6.30. The van der Waals surface area contributed by atoms with E-state index < -0.39 is 0 Å². The van der Waals surface area contributed by atoms with Crippen LogP contribution in [-0.2, 0) is 6.42 Å². The van der Waals surface area contributed by atoms with Crippen LogP contribution in [-0.4, -0.2) is 33.6 Å². The molecule has 1 amide bonds. The molecule has 2 aromatic rings. The van der Waals surface area contributed by atoms with Gasteiger partial charge in [0.25, 0.3) is 5.91 Å². The van der Waals surface area contributed by atoms with Crippen molar-refractivity contribution >= 4 is 17.5 Å². The number of nitrogens with zero attached hydrogens (tertiary/aromatic N) is 3. The van der Waals surface area contributed by atoms with Crippen molar-refractivity contribution in [3.05, 3.63) is 47.0 Å². The maximum absolute atomic E-state index is 12.7. The van der Waals surface area contributed by atoms with Crippen molar-refractivity contribution in [1.82, 2.24) is 20.0 Å². The molecular formula is C21H29ClN4O. The minimum atomic E-state index is -0.126. The topological polar surface area (TPSA) is 50.2 Å². The smallest absolute Gasteiger partial charge is 0.285 e. The van der Waals surface area contributed by atoms with Crippen molar-refractivity contribution in [2.45, 2.75) is 58.3 Å². The maximum atomic E-state index is 12.7. The number of nitrogens with one attached hydrogen (secondary N) is 1. The van der Waals surface area contributed by atoms with Crippen LogP contribution < -0.4 is 5.43 Å². The number of rotatable bonds is 8. The number of halogens is 1. The predicted octanol–water partition coefficient (Wildman–Crippen LogP) is 4.78. The fourth-order valence-corrected chi connectivity index (χ4v) is 3.57. The van der Waals surface area contributed by atoms with Crippen LogP contribution in [0.25, 0.3) is 5.69 Å². The summed E-state index contributed by atoms with van der Waals surface area (Å²) in [5, 5.41) is 2.71. The molecule has 1 aromatic heterocycles. The zero-order valence-corrected chi connectivity index (χ0v) is 16.8. The Balaban J connectivity index is 1.77. The van der Waals surface area contributed by atoms with Crippen LogP contribution in [0.2, 0.25) is 5.02 Å². The lowest BCUT2D eigenvalue weighted by Gasteiger charge is -2.26. The Labute approximate surface area is 166 Å². The molecule has 1 saturated heterocycles. The first-order valence-corrected chi connectivity index (χ1v) is 10.5. The summed E-state index contributed by atoms with van der Waals surface area (Å²) in [6.45, 7) is 4.03. The third kappa shape index (κ3) is 5.56. The molecule has 0 bridgehead atoms. The fraction of sp³-hybridized carbons (Fsp3) is 0.524. The van der Waals surface area contributed by atoms with Gasteiger partial charge in [0, 0.05) is 36.4 Å². The number of carbonyl (C=O) groups excluding carboxylic acids is 1. The molecule has 1 aliphatic rings. The maximum Gasteiger partial charge on any atom is 0.285 e. The number of carbonyl (C=O) groups is 1. The highest BCUT2D eigenvalue weighted by Gasteiger charge is 2.18. The molecule has 27 heavy (non-hydrogen) atoms. The van der Waals surface area contributed by atoms with Gasteiger partial charge < -0.3 is 4.57 Å². The van der Waals surface area contributed by atoms with E-state index in [0.717, 1.165) is 50.3 Å². The summed E-state index contributed by atoms with van der Waals surface area (Å²) in [4.78, 5) is 17.4. The number of aryl methyl sites for hydroxylation is 1. The van der Waals surface area contributed by atoms with Gasteiger partial charge in [0.1, 0.15) is 11.5 Å². The Morgan fingerprint density at radius 1 is 1.11 bits per heavy atom. The average Bonchev–Trinajstić information content (AvgIpc) is 3.11. The summed E-state index contributed by atoms with van der Waals surface area (Å²) in [6, 6.07) is 7.66. The van der Waals surface area contributed by atoms with Crippen molar-refractivity contribution in [2.75, 3.05) is 13.1 Å². The molecule has 3 rings (SSSR count). The number of hydrazine groups is 1. The number of benzene rings is 1. The SMILES string of the molecule is CCCCCCc1nc(C(=O)NN2CCCCC2)cn1-c1ccc(Cl)cc1. The van der Waals surface area contributed by atoms with Gasteiger partial charge in [-0.25, -0.2) is 9.99 Å². The van der Waals surface area contributed by atoms with Gasteiger partial charge in [-0.05, 0) is 43.5 Å². The van der Waals surface area contributed by atoms with Crippen molar-refractivity contribution in [3.8, 4) is 5.69 Å². The van der Waals surface area contributed by atoms with E-state index in [-0.39, 0.29) is 5.91 Å². The van der Waals surface area contributed by atoms with Crippen LogP contribution in [0.1, 0.15) is 68.2 Å². The molecule has 1 aliphatic heterocycles. The number of aromatic nitrogens is 2. The van der Waals surface area contributed by atoms with E-state index in [0.29, 0.717) is 10.7 Å². The monoisotopic (exact) mass is 388 g/mol. The zero-order chi connectivity index (χ0) is 19.1. The van der Waals surface area contributed by atoms with Gasteiger partial charge in [0.15, 0.2) is 0 Å². The summed E-state index contributed by atoms with van der Waals surface area (Å²) >= 11 is 6.03. The molecule has 0 atom stereocenters. The van der Waals surface area contributed by atoms with Gasteiger partial charge in [-0.15, -0.1) is 0 Å². The van der Waals surface area contributed by atoms with Crippen LogP contribution in [0.4, 0.5) is 0 Å². The molecule has 0 spiro atoms. The molecular weight excluding hydrogens is 360 g/mol. The van der Waals surface area contributed by atoms with Crippen molar-refractivity contribution < 1.29 is 4.79 Å². The normalized spacial score (nSPS) is 15.0. The minimum Gasteiger partial charge on any atom is -0.303 e. The first kappa shape index (κ1) is 19.9. The Hall–Kier alpha value is -1.85. The van der Waals surface area contributed by atoms with E-state index in [1.54, 1.807) is 0 Å². The number of hydrogen-bond donors (Lipinski definition) is 1. The van der Waals surface area contributed by atoms with Gasteiger partial charge in [-0.3, -0.25) is 10.2 Å². The molecule has 0 unspecified atom stereocenters. The van der Waals surface area contributed by atoms with Crippen LogP contribution >= 0.6 is 11.6 Å². The molecule has 0 saturated carbocycles. The minimum absolute atomic E-state index is 0.126. The molecule has 1 fully saturated rings. The predicted molar refractivity (Wildman–Crippen MR) is 109 cm³/mol. The second-order valence-corrected chi connectivity index (χ2v) is 7.62. The van der Waals surface area contributed by atoms with Gasteiger partial charge in [-0.1, -0.05) is 44.2 Å². The standard InChI is InChI=1S/C21H29ClN4O/c1-2-3-4-6-9-20-23-19(21(27)24-25-14-7-5-8-15-25)16-26(20)18-12-10-17(22)11-13-18/h10-13,16H,2-9,14-15H2,1H3,(H,24,27). The summed E-state index contributed by atoms with van der Waals surface area (Å²) < 4.78 is 2.02. The molecule has 1 aromatic carbocycles. The quantitative estimate of drug-likeness (QED) is 0.662.